The Labute approximate surface area is 135 Å². The van der Waals surface area contributed by atoms with Crippen LogP contribution in [0.25, 0.3) is 0 Å². The maximum absolute atomic E-state index is 12.4. The molecule has 1 N–H and O–H groups in total. The van der Waals surface area contributed by atoms with Crippen LogP contribution in [0.2, 0.25) is 0 Å². The van der Waals surface area contributed by atoms with Crippen LogP contribution >= 0.6 is 0 Å². The van der Waals surface area contributed by atoms with Gasteiger partial charge < -0.3 is 14.8 Å². The summed E-state index contributed by atoms with van der Waals surface area (Å²) in [6, 6.07) is 9.97. The summed E-state index contributed by atoms with van der Waals surface area (Å²) in [5.41, 5.74) is 0.985. The van der Waals surface area contributed by atoms with Gasteiger partial charge in [0.1, 0.15) is 0 Å². The highest BCUT2D eigenvalue weighted by molar-refractivity contribution is 5.83. The Morgan fingerprint density at radius 3 is 2.22 bits per heavy atom. The number of benzene rings is 1. The molecule has 1 atom stereocenters. The predicted molar refractivity (Wildman–Crippen MR) is 84.3 cm³/mol. The van der Waals surface area contributed by atoms with Crippen LogP contribution in [0.1, 0.15) is 30.7 Å². The second-order valence-electron chi connectivity index (χ2n) is 4.81. The number of hydrogen-bond donors (Lipinski definition) is 1. The van der Waals surface area contributed by atoms with E-state index in [1.54, 1.807) is 0 Å². The zero-order valence-corrected chi connectivity index (χ0v) is 13.4. The molecular formula is C16H20N4O3. The lowest BCUT2D eigenvalue weighted by molar-refractivity contribution is -0.122. The van der Waals surface area contributed by atoms with Crippen molar-refractivity contribution in [3.05, 3.63) is 41.7 Å². The summed E-state index contributed by atoms with van der Waals surface area (Å²) in [5, 5.41) is 2.85. The van der Waals surface area contributed by atoms with E-state index in [0.717, 1.165) is 5.56 Å². The quantitative estimate of drug-likeness (QED) is 0.836. The van der Waals surface area contributed by atoms with Gasteiger partial charge in [-0.3, -0.25) is 4.79 Å². The third kappa shape index (κ3) is 4.38. The second-order valence-corrected chi connectivity index (χ2v) is 4.81. The Kier molecular flexibility index (Phi) is 5.85. The Balaban J connectivity index is 2.06. The van der Waals surface area contributed by atoms with Gasteiger partial charge in [0.2, 0.25) is 5.91 Å². The molecule has 7 nitrogen and oxygen atoms in total. The smallest absolute Gasteiger partial charge is 0.322 e. The van der Waals surface area contributed by atoms with Crippen molar-refractivity contribution in [2.24, 2.45) is 0 Å². The highest BCUT2D eigenvalue weighted by Gasteiger charge is 2.18. The summed E-state index contributed by atoms with van der Waals surface area (Å²) in [4.78, 5) is 24.5. The largest absolute Gasteiger partial charge is 0.467 e. The lowest BCUT2D eigenvalue weighted by Gasteiger charge is -2.15. The topological polar surface area (TPSA) is 86.2 Å². The number of methoxy groups -OCH3 is 2. The van der Waals surface area contributed by atoms with Crippen LogP contribution in [0.15, 0.2) is 30.3 Å². The van der Waals surface area contributed by atoms with Crippen LogP contribution in [0.3, 0.4) is 0 Å². The van der Waals surface area contributed by atoms with Gasteiger partial charge >= 0.3 is 12.0 Å². The van der Waals surface area contributed by atoms with Gasteiger partial charge in [-0.2, -0.15) is 9.97 Å². The third-order valence-corrected chi connectivity index (χ3v) is 3.35. The lowest BCUT2D eigenvalue weighted by atomic mass is 9.96. The van der Waals surface area contributed by atoms with Gasteiger partial charge in [0.05, 0.1) is 26.7 Å². The van der Waals surface area contributed by atoms with Crippen LogP contribution in [0.5, 0.6) is 12.0 Å². The van der Waals surface area contributed by atoms with Gasteiger partial charge in [-0.05, 0) is 12.0 Å². The first kappa shape index (κ1) is 16.7. The predicted octanol–water partition coefficient (Wildman–Crippen LogP) is 1.70. The first-order chi connectivity index (χ1) is 11.2. The van der Waals surface area contributed by atoms with Crippen LogP contribution in [-0.2, 0) is 11.3 Å². The number of aromatic nitrogens is 3. The number of nitrogens with zero attached hydrogens (tertiary/aromatic N) is 3. The molecule has 2 rings (SSSR count). The van der Waals surface area contributed by atoms with Crippen LogP contribution in [-0.4, -0.2) is 35.1 Å². The number of carbonyl (C=O) groups is 1. The molecule has 0 aliphatic carbocycles. The molecule has 2 aromatic rings. The Hall–Kier alpha value is -2.70. The van der Waals surface area contributed by atoms with E-state index < -0.39 is 0 Å². The summed E-state index contributed by atoms with van der Waals surface area (Å²) in [6.45, 7) is 2.16. The molecule has 1 aromatic heterocycles. The molecule has 0 saturated heterocycles. The van der Waals surface area contributed by atoms with E-state index in [-0.39, 0.29) is 30.4 Å². The Morgan fingerprint density at radius 1 is 1.09 bits per heavy atom. The molecule has 1 amide bonds. The molecule has 0 bridgehead atoms. The molecule has 0 aliphatic heterocycles. The molecule has 0 saturated carbocycles. The van der Waals surface area contributed by atoms with Crippen molar-refractivity contribution in [2.75, 3.05) is 14.2 Å². The molecule has 1 heterocycles. The van der Waals surface area contributed by atoms with Gasteiger partial charge in [0, 0.05) is 0 Å². The highest BCUT2D eigenvalue weighted by Crippen LogP contribution is 2.19. The van der Waals surface area contributed by atoms with Gasteiger partial charge in [-0.1, -0.05) is 37.3 Å². The SMILES string of the molecule is CC[C@H](C(=O)NCc1nc(OC)nc(OC)n1)c1ccccc1. The molecule has 0 unspecified atom stereocenters. The van der Waals surface area contributed by atoms with E-state index in [4.69, 9.17) is 9.47 Å². The first-order valence-electron chi connectivity index (χ1n) is 7.33. The number of amides is 1. The van der Waals surface area contributed by atoms with Gasteiger partial charge in [-0.15, -0.1) is 4.98 Å². The number of rotatable bonds is 7. The van der Waals surface area contributed by atoms with E-state index >= 15 is 0 Å². The summed E-state index contributed by atoms with van der Waals surface area (Å²) < 4.78 is 9.97. The van der Waals surface area contributed by atoms with Crippen molar-refractivity contribution in [2.45, 2.75) is 25.8 Å². The molecule has 0 spiro atoms. The summed E-state index contributed by atoms with van der Waals surface area (Å²) in [6.07, 6.45) is 0.708. The van der Waals surface area contributed by atoms with Crippen molar-refractivity contribution < 1.29 is 14.3 Å². The van der Waals surface area contributed by atoms with Crippen LogP contribution in [0, 0.1) is 0 Å². The molecular weight excluding hydrogens is 296 g/mol. The van der Waals surface area contributed by atoms with Crippen LogP contribution in [0.4, 0.5) is 0 Å². The Bertz CT molecular complexity index is 627. The molecule has 23 heavy (non-hydrogen) atoms. The summed E-state index contributed by atoms with van der Waals surface area (Å²) in [7, 11) is 2.92. The van der Waals surface area contributed by atoms with Crippen molar-refractivity contribution in [3.8, 4) is 12.0 Å². The number of hydrogen-bond acceptors (Lipinski definition) is 6. The van der Waals surface area contributed by atoms with E-state index in [1.807, 2.05) is 37.3 Å². The van der Waals surface area contributed by atoms with Gasteiger partial charge in [-0.25, -0.2) is 0 Å². The van der Waals surface area contributed by atoms with Crippen molar-refractivity contribution in [1.82, 2.24) is 20.3 Å². The maximum atomic E-state index is 12.4. The minimum absolute atomic E-state index is 0.0722. The number of carbonyl (C=O) groups excluding carboxylic acids is 1. The normalized spacial score (nSPS) is 11.6. The van der Waals surface area contributed by atoms with Crippen molar-refractivity contribution in [1.29, 1.82) is 0 Å². The molecule has 122 valence electrons. The molecule has 0 fully saturated rings. The first-order valence-corrected chi connectivity index (χ1v) is 7.33. The lowest BCUT2D eigenvalue weighted by Crippen LogP contribution is -2.29. The minimum atomic E-state index is -0.207. The third-order valence-electron chi connectivity index (χ3n) is 3.35. The number of nitrogens with one attached hydrogen (secondary N) is 1. The summed E-state index contributed by atoms with van der Waals surface area (Å²) >= 11 is 0. The summed E-state index contributed by atoms with van der Waals surface area (Å²) in [5.74, 6) is 0.101. The van der Waals surface area contributed by atoms with E-state index in [9.17, 15) is 4.79 Å². The van der Waals surface area contributed by atoms with E-state index in [1.165, 1.54) is 14.2 Å². The van der Waals surface area contributed by atoms with Crippen molar-refractivity contribution in [3.63, 3.8) is 0 Å². The highest BCUT2D eigenvalue weighted by atomic mass is 16.5. The second kappa shape index (κ2) is 8.07. The van der Waals surface area contributed by atoms with Crippen LogP contribution < -0.4 is 14.8 Å². The fourth-order valence-corrected chi connectivity index (χ4v) is 2.19. The molecule has 7 heteroatoms. The van der Waals surface area contributed by atoms with E-state index in [0.29, 0.717) is 12.2 Å². The standard InChI is InChI=1S/C16H20N4O3/c1-4-12(11-8-6-5-7-9-11)14(21)17-10-13-18-15(22-2)20-16(19-13)23-3/h5-9,12H,4,10H2,1-3H3,(H,17,21)/t12-/m0/s1. The maximum Gasteiger partial charge on any atom is 0.322 e. The van der Waals surface area contributed by atoms with Crippen molar-refractivity contribution >= 4 is 5.91 Å². The van der Waals surface area contributed by atoms with E-state index in [2.05, 4.69) is 20.3 Å². The minimum Gasteiger partial charge on any atom is -0.467 e. The van der Waals surface area contributed by atoms with Gasteiger partial charge in [0.25, 0.3) is 0 Å². The average Bonchev–Trinajstić information content (AvgIpc) is 2.61. The molecule has 0 radical (unpaired) electrons. The number of ether oxygens (including phenoxy) is 2. The fourth-order valence-electron chi connectivity index (χ4n) is 2.19. The molecule has 0 aliphatic rings. The fraction of sp³-hybridized carbons (Fsp3) is 0.375. The monoisotopic (exact) mass is 316 g/mol. The zero-order chi connectivity index (χ0) is 16.7. The van der Waals surface area contributed by atoms with Gasteiger partial charge in [0.15, 0.2) is 5.82 Å². The zero-order valence-electron chi connectivity index (χ0n) is 13.4. The average molecular weight is 316 g/mol. The molecule has 1 aromatic carbocycles. The Morgan fingerprint density at radius 2 is 1.70 bits per heavy atom.